The lowest BCUT2D eigenvalue weighted by Crippen LogP contribution is -2.08. The highest BCUT2D eigenvalue weighted by molar-refractivity contribution is 9.10. The molecular weight excluding hydrogens is 331 g/mol. The van der Waals surface area contributed by atoms with Crippen LogP contribution in [0.3, 0.4) is 0 Å². The largest absolute Gasteiger partial charge is 0.233 e. The summed E-state index contributed by atoms with van der Waals surface area (Å²) in [5.74, 6) is 0.173. The van der Waals surface area contributed by atoms with Crippen LogP contribution >= 0.6 is 27.5 Å². The van der Waals surface area contributed by atoms with Gasteiger partial charge in [0.1, 0.15) is 11.0 Å². The number of fused-ring (bicyclic) bond motifs is 1. The summed E-state index contributed by atoms with van der Waals surface area (Å²) in [6.45, 7) is 0. The number of rotatable bonds is 1. The number of aryl methyl sites for hydroxylation is 1. The van der Waals surface area contributed by atoms with Gasteiger partial charge in [0.2, 0.25) is 0 Å². The summed E-state index contributed by atoms with van der Waals surface area (Å²) in [7, 11) is 0. The van der Waals surface area contributed by atoms with Crippen molar-refractivity contribution in [1.29, 1.82) is 0 Å². The predicted octanol–water partition coefficient (Wildman–Crippen LogP) is 4.58. The molecule has 1 heterocycles. The molecule has 2 nitrogen and oxygen atoms in total. The molecule has 0 spiro atoms. The molecule has 0 radical (unpaired) electrons. The van der Waals surface area contributed by atoms with Crippen molar-refractivity contribution in [2.45, 2.75) is 25.7 Å². The third-order valence-corrected chi connectivity index (χ3v) is 4.27. The zero-order valence-corrected chi connectivity index (χ0v) is 12.4. The molecule has 0 atom stereocenters. The summed E-state index contributed by atoms with van der Waals surface area (Å²) < 4.78 is 14.0. The van der Waals surface area contributed by atoms with E-state index in [-0.39, 0.29) is 5.82 Å². The number of hydrogen-bond donors (Lipinski definition) is 0. The van der Waals surface area contributed by atoms with E-state index in [1.165, 1.54) is 6.07 Å². The van der Waals surface area contributed by atoms with Crippen molar-refractivity contribution in [3.8, 4) is 11.4 Å². The highest BCUT2D eigenvalue weighted by Gasteiger charge is 2.17. The molecule has 5 heteroatoms. The van der Waals surface area contributed by atoms with E-state index in [0.717, 1.165) is 36.9 Å². The molecule has 3 rings (SSSR count). The summed E-state index contributed by atoms with van der Waals surface area (Å²) in [5, 5.41) is 0.503. The lowest BCUT2D eigenvalue weighted by molar-refractivity contribution is 0.621. The van der Waals surface area contributed by atoms with E-state index < -0.39 is 0 Å². The van der Waals surface area contributed by atoms with Gasteiger partial charge in [0.05, 0.1) is 4.47 Å². The number of benzene rings is 1. The van der Waals surface area contributed by atoms with Gasteiger partial charge in [-0.15, -0.1) is 0 Å². The Kier molecular flexibility index (Phi) is 3.54. The van der Waals surface area contributed by atoms with Gasteiger partial charge in [0.15, 0.2) is 5.82 Å². The number of halogens is 3. The maximum absolute atomic E-state index is 13.6. The minimum atomic E-state index is -0.324. The fourth-order valence-corrected chi connectivity index (χ4v) is 2.84. The van der Waals surface area contributed by atoms with Crippen molar-refractivity contribution >= 4 is 27.5 Å². The fraction of sp³-hybridized carbons (Fsp3) is 0.286. The van der Waals surface area contributed by atoms with E-state index in [4.69, 9.17) is 11.6 Å². The van der Waals surface area contributed by atoms with Crippen LogP contribution in [0.1, 0.15) is 24.1 Å². The van der Waals surface area contributed by atoms with Crippen molar-refractivity contribution in [2.75, 3.05) is 0 Å². The maximum atomic E-state index is 13.6. The second-order valence-corrected chi connectivity index (χ2v) is 5.81. The van der Waals surface area contributed by atoms with Gasteiger partial charge in [-0.3, -0.25) is 0 Å². The van der Waals surface area contributed by atoms with Crippen LogP contribution in [0.25, 0.3) is 11.4 Å². The highest BCUT2D eigenvalue weighted by Crippen LogP contribution is 2.29. The molecule has 19 heavy (non-hydrogen) atoms. The molecule has 1 aliphatic rings. The molecule has 0 bridgehead atoms. The highest BCUT2D eigenvalue weighted by atomic mass is 79.9. The molecule has 1 aromatic carbocycles. The molecule has 1 aromatic heterocycles. The monoisotopic (exact) mass is 340 g/mol. The van der Waals surface area contributed by atoms with Gasteiger partial charge in [0, 0.05) is 16.8 Å². The van der Waals surface area contributed by atoms with E-state index in [1.54, 1.807) is 12.1 Å². The predicted molar refractivity (Wildman–Crippen MR) is 76.8 cm³/mol. The zero-order chi connectivity index (χ0) is 13.4. The topological polar surface area (TPSA) is 25.8 Å². The molecule has 0 saturated heterocycles. The van der Waals surface area contributed by atoms with Gasteiger partial charge in [-0.05, 0) is 59.8 Å². The average molecular weight is 342 g/mol. The maximum Gasteiger partial charge on any atom is 0.161 e. The van der Waals surface area contributed by atoms with Gasteiger partial charge in [-0.25, -0.2) is 14.4 Å². The molecule has 0 aliphatic heterocycles. The first-order chi connectivity index (χ1) is 9.15. The smallest absolute Gasteiger partial charge is 0.161 e. The summed E-state index contributed by atoms with van der Waals surface area (Å²) in [4.78, 5) is 8.84. The Morgan fingerprint density at radius 2 is 1.95 bits per heavy atom. The Morgan fingerprint density at radius 1 is 1.16 bits per heavy atom. The normalized spacial score (nSPS) is 14.3. The minimum absolute atomic E-state index is 0.324. The lowest BCUT2D eigenvalue weighted by atomic mass is 9.97. The van der Waals surface area contributed by atoms with Crippen LogP contribution in [0.5, 0.6) is 0 Å². The molecule has 0 N–H and O–H groups in total. The number of nitrogens with zero attached hydrogens (tertiary/aromatic N) is 2. The minimum Gasteiger partial charge on any atom is -0.233 e. The first kappa shape index (κ1) is 13.0. The molecule has 2 aromatic rings. The van der Waals surface area contributed by atoms with Gasteiger partial charge >= 0.3 is 0 Å². The van der Waals surface area contributed by atoms with Crippen LogP contribution in [-0.4, -0.2) is 9.97 Å². The van der Waals surface area contributed by atoms with Crippen LogP contribution in [-0.2, 0) is 12.8 Å². The summed E-state index contributed by atoms with van der Waals surface area (Å²) in [6.07, 6.45) is 4.10. The van der Waals surface area contributed by atoms with Gasteiger partial charge in [-0.1, -0.05) is 11.6 Å². The number of aromatic nitrogens is 2. The van der Waals surface area contributed by atoms with Gasteiger partial charge in [0.25, 0.3) is 0 Å². The third-order valence-electron chi connectivity index (χ3n) is 3.31. The Balaban J connectivity index is 2.10. The Labute approximate surface area is 124 Å². The molecule has 98 valence electrons. The van der Waals surface area contributed by atoms with E-state index >= 15 is 0 Å². The second-order valence-electron chi connectivity index (χ2n) is 4.60. The Bertz CT molecular complexity index is 646. The molecule has 0 amide bonds. The zero-order valence-electron chi connectivity index (χ0n) is 10.1. The fourth-order valence-electron chi connectivity index (χ4n) is 2.31. The Morgan fingerprint density at radius 3 is 2.74 bits per heavy atom. The van der Waals surface area contributed by atoms with E-state index in [9.17, 15) is 4.39 Å². The van der Waals surface area contributed by atoms with Crippen LogP contribution in [0.4, 0.5) is 4.39 Å². The Hall–Kier alpha value is -1.00. The average Bonchev–Trinajstić information content (AvgIpc) is 2.42. The number of hydrogen-bond acceptors (Lipinski definition) is 2. The summed E-state index contributed by atoms with van der Waals surface area (Å²) >= 11 is 9.35. The first-order valence-electron chi connectivity index (χ1n) is 6.16. The van der Waals surface area contributed by atoms with Gasteiger partial charge < -0.3 is 0 Å². The second kappa shape index (κ2) is 5.17. The first-order valence-corrected chi connectivity index (χ1v) is 7.33. The summed E-state index contributed by atoms with van der Waals surface area (Å²) in [5.41, 5.74) is 2.70. The molecule has 1 aliphatic carbocycles. The van der Waals surface area contributed by atoms with Crippen LogP contribution in [0.15, 0.2) is 22.7 Å². The van der Waals surface area contributed by atoms with E-state index in [0.29, 0.717) is 21.0 Å². The quantitative estimate of drug-likeness (QED) is 0.710. The van der Waals surface area contributed by atoms with Crippen molar-refractivity contribution in [3.63, 3.8) is 0 Å². The summed E-state index contributed by atoms with van der Waals surface area (Å²) in [6, 6.07) is 4.86. The molecule has 0 fully saturated rings. The van der Waals surface area contributed by atoms with Gasteiger partial charge in [-0.2, -0.15) is 0 Å². The molecular formula is C14H11BrClFN2. The SMILES string of the molecule is Fc1cc(-c2nc(Cl)c3c(n2)CCCC3)ccc1Br. The van der Waals surface area contributed by atoms with Crippen molar-refractivity contribution in [3.05, 3.63) is 44.9 Å². The van der Waals surface area contributed by atoms with Crippen LogP contribution in [0, 0.1) is 5.82 Å². The molecule has 0 unspecified atom stereocenters. The van der Waals surface area contributed by atoms with Crippen molar-refractivity contribution in [2.24, 2.45) is 0 Å². The van der Waals surface area contributed by atoms with Crippen molar-refractivity contribution in [1.82, 2.24) is 9.97 Å². The van der Waals surface area contributed by atoms with E-state index in [1.807, 2.05) is 0 Å². The van der Waals surface area contributed by atoms with Crippen molar-refractivity contribution < 1.29 is 4.39 Å². The standard InChI is InChI=1S/C14H11BrClFN2/c15-10-6-5-8(7-11(10)17)14-18-12-4-2-1-3-9(12)13(16)19-14/h5-7H,1-4H2. The molecule has 0 saturated carbocycles. The van der Waals surface area contributed by atoms with E-state index in [2.05, 4.69) is 25.9 Å². The van der Waals surface area contributed by atoms with Crippen LogP contribution < -0.4 is 0 Å². The third kappa shape index (κ3) is 2.51. The van der Waals surface area contributed by atoms with Crippen LogP contribution in [0.2, 0.25) is 5.15 Å². The lowest BCUT2D eigenvalue weighted by Gasteiger charge is -2.16.